The molecular weight excluding hydrogens is 240 g/mol. The fourth-order valence-electron chi connectivity index (χ4n) is 1.36. The smallest absolute Gasteiger partial charge is 0.129 e. The molecule has 0 atom stereocenters. The minimum atomic E-state index is -1.41. The highest BCUT2D eigenvalue weighted by atomic mass is 28.3. The molecule has 0 fully saturated rings. The van der Waals surface area contributed by atoms with Gasteiger partial charge in [-0.05, 0) is 23.8 Å². The van der Waals surface area contributed by atoms with Crippen molar-refractivity contribution in [3.05, 3.63) is 35.9 Å². The maximum absolute atomic E-state index is 9.07. The van der Waals surface area contributed by atoms with Gasteiger partial charge in [0.2, 0.25) is 0 Å². The first-order chi connectivity index (χ1) is 8.46. The molecule has 2 nitrogen and oxygen atoms in total. The van der Waals surface area contributed by atoms with E-state index in [2.05, 4.69) is 31.1 Å². The van der Waals surface area contributed by atoms with Crippen molar-refractivity contribution in [3.63, 3.8) is 0 Å². The first-order valence-electron chi connectivity index (χ1n) is 5.95. The average Bonchev–Trinajstić information content (AvgIpc) is 2.33. The van der Waals surface area contributed by atoms with E-state index in [-0.39, 0.29) is 6.61 Å². The van der Waals surface area contributed by atoms with Crippen LogP contribution in [0.25, 0.3) is 5.57 Å². The average molecular weight is 260 g/mol. The summed E-state index contributed by atoms with van der Waals surface area (Å²) in [4.78, 5) is 0. The Morgan fingerprint density at radius 3 is 2.33 bits per heavy atom. The third-order valence-electron chi connectivity index (χ3n) is 2.27. The summed E-state index contributed by atoms with van der Waals surface area (Å²) >= 11 is 0. The Morgan fingerprint density at radius 2 is 1.89 bits per heavy atom. The summed E-state index contributed by atoms with van der Waals surface area (Å²) < 4.78 is 5.13. The molecule has 1 aromatic rings. The molecule has 96 valence electrons. The van der Waals surface area contributed by atoms with Crippen LogP contribution in [0.5, 0.6) is 5.75 Å². The fourth-order valence-corrected chi connectivity index (χ4v) is 1.87. The Bertz CT molecular complexity index is 470. The second-order valence-corrected chi connectivity index (χ2v) is 9.78. The molecule has 1 aromatic carbocycles. The minimum absolute atomic E-state index is 0.00173. The van der Waals surface area contributed by atoms with Gasteiger partial charge in [-0.15, -0.1) is 5.54 Å². The van der Waals surface area contributed by atoms with Crippen molar-refractivity contribution in [2.45, 2.75) is 19.6 Å². The van der Waals surface area contributed by atoms with Crippen LogP contribution in [-0.4, -0.2) is 26.9 Å². The zero-order valence-corrected chi connectivity index (χ0v) is 12.4. The van der Waals surface area contributed by atoms with Crippen LogP contribution in [0.1, 0.15) is 5.56 Å². The van der Waals surface area contributed by atoms with Gasteiger partial charge < -0.3 is 9.84 Å². The van der Waals surface area contributed by atoms with Crippen molar-refractivity contribution in [3.8, 4) is 17.2 Å². The number of methoxy groups -OCH3 is 1. The quantitative estimate of drug-likeness (QED) is 0.669. The summed E-state index contributed by atoms with van der Waals surface area (Å²) in [5.41, 5.74) is 5.20. The number of hydrogen-bond acceptors (Lipinski definition) is 2. The number of benzene rings is 1. The molecule has 0 spiro atoms. The molecule has 0 amide bonds. The van der Waals surface area contributed by atoms with Crippen molar-refractivity contribution in [1.29, 1.82) is 0 Å². The van der Waals surface area contributed by atoms with E-state index < -0.39 is 8.07 Å². The lowest BCUT2D eigenvalue weighted by Gasteiger charge is -2.06. The summed E-state index contributed by atoms with van der Waals surface area (Å²) in [5, 5.41) is 9.07. The van der Waals surface area contributed by atoms with Gasteiger partial charge in [-0.1, -0.05) is 37.7 Å². The van der Waals surface area contributed by atoms with Gasteiger partial charge in [0.1, 0.15) is 13.8 Å². The Hall–Kier alpha value is -1.50. The maximum Gasteiger partial charge on any atom is 0.129 e. The third kappa shape index (κ3) is 4.78. The summed E-state index contributed by atoms with van der Waals surface area (Å²) in [7, 11) is 0.235. The van der Waals surface area contributed by atoms with Crippen molar-refractivity contribution in [2.75, 3.05) is 13.7 Å². The van der Waals surface area contributed by atoms with E-state index in [1.807, 2.05) is 24.3 Å². The highest BCUT2D eigenvalue weighted by molar-refractivity contribution is 6.84. The van der Waals surface area contributed by atoms with Crippen LogP contribution >= 0.6 is 0 Å². The van der Waals surface area contributed by atoms with E-state index >= 15 is 0 Å². The summed E-state index contributed by atoms with van der Waals surface area (Å²) in [6.07, 6.45) is 1.74. The molecule has 0 saturated heterocycles. The number of ether oxygens (including phenoxy) is 1. The molecule has 0 saturated carbocycles. The highest BCUT2D eigenvalue weighted by Crippen LogP contribution is 2.18. The van der Waals surface area contributed by atoms with Crippen LogP contribution in [0.15, 0.2) is 30.3 Å². The molecule has 0 aliphatic carbocycles. The van der Waals surface area contributed by atoms with E-state index in [1.54, 1.807) is 13.2 Å². The molecule has 0 bridgehead atoms. The molecule has 1 rings (SSSR count). The molecule has 0 aromatic heterocycles. The lowest BCUT2D eigenvalue weighted by atomic mass is 10.1. The van der Waals surface area contributed by atoms with E-state index in [0.29, 0.717) is 0 Å². The Kier molecular flexibility index (Phi) is 5.20. The maximum atomic E-state index is 9.07. The van der Waals surface area contributed by atoms with Gasteiger partial charge in [0.05, 0.1) is 13.7 Å². The number of aliphatic hydroxyl groups excluding tert-OH is 1. The largest absolute Gasteiger partial charge is 0.497 e. The second-order valence-electron chi connectivity index (χ2n) is 5.03. The van der Waals surface area contributed by atoms with E-state index in [4.69, 9.17) is 9.84 Å². The van der Waals surface area contributed by atoms with Gasteiger partial charge in [0.25, 0.3) is 0 Å². The van der Waals surface area contributed by atoms with Gasteiger partial charge in [-0.3, -0.25) is 0 Å². The zero-order valence-electron chi connectivity index (χ0n) is 11.4. The van der Waals surface area contributed by atoms with Crippen LogP contribution in [0.4, 0.5) is 0 Å². The highest BCUT2D eigenvalue weighted by Gasteiger charge is 2.08. The van der Waals surface area contributed by atoms with Crippen LogP contribution in [0.2, 0.25) is 19.6 Å². The molecule has 18 heavy (non-hydrogen) atoms. The second kappa shape index (κ2) is 6.44. The molecule has 0 aliphatic heterocycles. The van der Waals surface area contributed by atoms with Gasteiger partial charge >= 0.3 is 0 Å². The Morgan fingerprint density at radius 1 is 1.28 bits per heavy atom. The standard InChI is InChI=1S/C15H20O2Si/c1-17-15-7-5-13(6-8-15)14(9-11-16)10-12-18(2,3)4/h5-9,16H,11H2,1-4H3/b14-9-. The summed E-state index contributed by atoms with van der Waals surface area (Å²) in [6.45, 7) is 6.60. The number of hydrogen-bond donors (Lipinski definition) is 1. The van der Waals surface area contributed by atoms with Gasteiger partial charge in [0.15, 0.2) is 0 Å². The van der Waals surface area contributed by atoms with Crippen LogP contribution < -0.4 is 4.74 Å². The summed E-state index contributed by atoms with van der Waals surface area (Å²) in [5.74, 6) is 4.01. The third-order valence-corrected chi connectivity index (χ3v) is 3.14. The molecule has 1 N–H and O–H groups in total. The summed E-state index contributed by atoms with van der Waals surface area (Å²) in [6, 6.07) is 7.71. The normalized spacial score (nSPS) is 11.7. The van der Waals surface area contributed by atoms with Crippen LogP contribution in [0.3, 0.4) is 0 Å². The molecule has 0 heterocycles. The van der Waals surface area contributed by atoms with Crippen molar-refractivity contribution >= 4 is 13.6 Å². The fraction of sp³-hybridized carbons (Fsp3) is 0.333. The Labute approximate surface area is 110 Å². The molecule has 3 heteroatoms. The first kappa shape index (κ1) is 14.6. The van der Waals surface area contributed by atoms with Crippen molar-refractivity contribution in [2.24, 2.45) is 0 Å². The number of rotatable bonds is 3. The van der Waals surface area contributed by atoms with Crippen LogP contribution in [-0.2, 0) is 0 Å². The van der Waals surface area contributed by atoms with E-state index in [0.717, 1.165) is 16.9 Å². The molecule has 0 aliphatic rings. The minimum Gasteiger partial charge on any atom is -0.497 e. The predicted molar refractivity (Wildman–Crippen MR) is 79.2 cm³/mol. The van der Waals surface area contributed by atoms with Crippen molar-refractivity contribution in [1.82, 2.24) is 0 Å². The van der Waals surface area contributed by atoms with Crippen LogP contribution in [0, 0.1) is 11.5 Å². The monoisotopic (exact) mass is 260 g/mol. The lowest BCUT2D eigenvalue weighted by molar-refractivity contribution is 0.343. The number of allylic oxidation sites excluding steroid dienone is 1. The predicted octanol–water partition coefficient (Wildman–Crippen LogP) is 2.95. The van der Waals surface area contributed by atoms with E-state index in [1.165, 1.54) is 0 Å². The molecule has 0 radical (unpaired) electrons. The topological polar surface area (TPSA) is 29.5 Å². The number of aliphatic hydroxyl groups is 1. The molecular formula is C15H20O2Si. The van der Waals surface area contributed by atoms with E-state index in [9.17, 15) is 0 Å². The van der Waals surface area contributed by atoms with Crippen molar-refractivity contribution < 1.29 is 9.84 Å². The van der Waals surface area contributed by atoms with Gasteiger partial charge in [-0.2, -0.15) is 0 Å². The SMILES string of the molecule is COc1ccc(/C(C#C[Si](C)(C)C)=C\CO)cc1. The van der Waals surface area contributed by atoms with Gasteiger partial charge in [-0.25, -0.2) is 0 Å². The van der Waals surface area contributed by atoms with Gasteiger partial charge in [0, 0.05) is 5.57 Å². The molecule has 0 unspecified atom stereocenters. The Balaban J connectivity index is 3.04. The lowest BCUT2D eigenvalue weighted by Crippen LogP contribution is -2.16. The first-order valence-corrected chi connectivity index (χ1v) is 9.45. The zero-order chi connectivity index (χ0) is 13.6.